The molecule has 0 aliphatic carbocycles. The molecule has 22 heavy (non-hydrogen) atoms. The van der Waals surface area contributed by atoms with Crippen LogP contribution in [0, 0.1) is 0 Å². The molecule has 0 bridgehead atoms. The molecule has 0 fully saturated rings. The maximum atomic E-state index is 8.60. The Morgan fingerprint density at radius 3 is 1.91 bits per heavy atom. The van der Waals surface area contributed by atoms with Crippen molar-refractivity contribution in [2.45, 2.75) is 0 Å². The molecule has 0 heterocycles. The molecule has 0 spiro atoms. The summed E-state index contributed by atoms with van der Waals surface area (Å²) in [5.74, 6) is 1.09. The number of ether oxygens (including phenoxy) is 4. The van der Waals surface area contributed by atoms with Crippen molar-refractivity contribution in [2.75, 3.05) is 58.6 Å². The van der Waals surface area contributed by atoms with Gasteiger partial charge in [-0.2, -0.15) is 0 Å². The number of halogens is 1. The molecule has 0 unspecified atom stereocenters. The van der Waals surface area contributed by atoms with Crippen LogP contribution in [0.3, 0.4) is 0 Å². The number of rotatable bonds is 12. The van der Waals surface area contributed by atoms with Crippen LogP contribution in [0.25, 0.3) is 0 Å². The third-order valence-electron chi connectivity index (χ3n) is 2.51. The predicted molar refractivity (Wildman–Crippen MR) is 85.4 cm³/mol. The maximum absolute atomic E-state index is 8.60. The number of nitrogens with two attached hydrogens (primary N) is 1. The topological polar surface area (TPSA) is 103 Å². The summed E-state index contributed by atoms with van der Waals surface area (Å²) in [5, 5.41) is 17.2. The van der Waals surface area contributed by atoms with Gasteiger partial charge in [-0.3, -0.25) is 0 Å². The Balaban J connectivity index is 2.46. The summed E-state index contributed by atoms with van der Waals surface area (Å²) in [6.07, 6.45) is 0. The van der Waals surface area contributed by atoms with E-state index < -0.39 is 0 Å². The van der Waals surface area contributed by atoms with Gasteiger partial charge < -0.3 is 34.9 Å². The summed E-state index contributed by atoms with van der Waals surface area (Å²) < 4.78 is 22.0. The Hall–Kier alpha value is -1.06. The van der Waals surface area contributed by atoms with Crippen molar-refractivity contribution in [3.63, 3.8) is 0 Å². The Morgan fingerprint density at radius 1 is 0.818 bits per heavy atom. The van der Waals surface area contributed by atoms with E-state index in [1.807, 2.05) is 0 Å². The van der Waals surface area contributed by atoms with Crippen LogP contribution in [0.2, 0.25) is 0 Å². The van der Waals surface area contributed by atoms with Gasteiger partial charge in [-0.15, -0.1) is 0 Å². The highest BCUT2D eigenvalue weighted by atomic mass is 79.9. The Kier molecular flexibility index (Phi) is 9.93. The summed E-state index contributed by atoms with van der Waals surface area (Å²) in [6.45, 7) is 1.95. The number of hydrogen-bond donors (Lipinski definition) is 3. The van der Waals surface area contributed by atoms with E-state index in [9.17, 15) is 0 Å². The van der Waals surface area contributed by atoms with Crippen molar-refractivity contribution in [1.82, 2.24) is 0 Å². The minimum Gasteiger partial charge on any atom is -0.490 e. The van der Waals surface area contributed by atoms with Crippen molar-refractivity contribution in [3.8, 4) is 11.5 Å². The molecule has 0 aliphatic heterocycles. The van der Waals surface area contributed by atoms with Gasteiger partial charge in [-0.1, -0.05) is 0 Å². The van der Waals surface area contributed by atoms with Crippen molar-refractivity contribution in [1.29, 1.82) is 0 Å². The van der Waals surface area contributed by atoms with Crippen molar-refractivity contribution in [2.24, 2.45) is 0 Å². The van der Waals surface area contributed by atoms with Crippen LogP contribution < -0.4 is 15.2 Å². The Labute approximate surface area is 138 Å². The number of benzene rings is 1. The van der Waals surface area contributed by atoms with Gasteiger partial charge in [0.25, 0.3) is 0 Å². The fourth-order valence-electron chi connectivity index (χ4n) is 1.54. The summed E-state index contributed by atoms with van der Waals surface area (Å²) in [6, 6.07) is 3.39. The van der Waals surface area contributed by atoms with E-state index in [0.717, 1.165) is 4.47 Å². The minimum absolute atomic E-state index is 0.0120. The van der Waals surface area contributed by atoms with Gasteiger partial charge in [0.05, 0.1) is 49.8 Å². The van der Waals surface area contributed by atoms with Gasteiger partial charge in [0, 0.05) is 6.07 Å². The molecule has 0 saturated heterocycles. The Morgan fingerprint density at radius 2 is 1.36 bits per heavy atom. The molecular weight excluding hydrogens is 358 g/mol. The molecule has 7 nitrogen and oxygen atoms in total. The average molecular weight is 380 g/mol. The summed E-state index contributed by atoms with van der Waals surface area (Å²) in [4.78, 5) is 0. The zero-order valence-corrected chi connectivity index (χ0v) is 13.9. The molecule has 126 valence electrons. The molecule has 0 aromatic heterocycles. The quantitative estimate of drug-likeness (QED) is 0.364. The van der Waals surface area contributed by atoms with E-state index in [0.29, 0.717) is 43.6 Å². The van der Waals surface area contributed by atoms with E-state index in [2.05, 4.69) is 15.9 Å². The number of nitrogen functional groups attached to an aromatic ring is 1. The second-order valence-corrected chi connectivity index (χ2v) is 5.04. The van der Waals surface area contributed by atoms with Crippen LogP contribution in [-0.4, -0.2) is 63.1 Å². The van der Waals surface area contributed by atoms with E-state index in [1.165, 1.54) is 0 Å². The first-order valence-corrected chi connectivity index (χ1v) is 7.70. The second kappa shape index (κ2) is 11.5. The van der Waals surface area contributed by atoms with Crippen molar-refractivity contribution < 1.29 is 29.2 Å². The van der Waals surface area contributed by atoms with E-state index in [1.54, 1.807) is 12.1 Å². The van der Waals surface area contributed by atoms with Crippen LogP contribution in [-0.2, 0) is 9.47 Å². The number of aliphatic hydroxyl groups is 2. The zero-order chi connectivity index (χ0) is 16.2. The summed E-state index contributed by atoms with van der Waals surface area (Å²) in [5.41, 5.74) is 6.37. The van der Waals surface area contributed by atoms with Gasteiger partial charge in [-0.25, -0.2) is 0 Å². The molecule has 0 aliphatic rings. The molecular formula is C14H22BrNO6. The van der Waals surface area contributed by atoms with Gasteiger partial charge in [0.1, 0.15) is 24.7 Å². The normalized spacial score (nSPS) is 10.7. The molecule has 1 rings (SSSR count). The molecule has 0 saturated carbocycles. The highest BCUT2D eigenvalue weighted by molar-refractivity contribution is 9.10. The van der Waals surface area contributed by atoms with E-state index >= 15 is 0 Å². The molecule has 8 heteroatoms. The summed E-state index contributed by atoms with van der Waals surface area (Å²) >= 11 is 3.37. The van der Waals surface area contributed by atoms with Crippen LogP contribution >= 0.6 is 15.9 Å². The van der Waals surface area contributed by atoms with Crippen LogP contribution in [0.15, 0.2) is 16.6 Å². The maximum Gasteiger partial charge on any atom is 0.146 e. The first-order valence-electron chi connectivity index (χ1n) is 6.91. The minimum atomic E-state index is -0.0171. The molecule has 1 aromatic rings. The molecule has 1 aromatic carbocycles. The number of aliphatic hydroxyl groups excluding tert-OH is 2. The van der Waals surface area contributed by atoms with Gasteiger partial charge in [0.2, 0.25) is 0 Å². The lowest BCUT2D eigenvalue weighted by Crippen LogP contribution is -2.11. The van der Waals surface area contributed by atoms with Crippen LogP contribution in [0.5, 0.6) is 11.5 Å². The fraction of sp³-hybridized carbons (Fsp3) is 0.571. The molecule has 0 amide bonds. The largest absolute Gasteiger partial charge is 0.490 e. The summed E-state index contributed by atoms with van der Waals surface area (Å²) in [7, 11) is 0. The van der Waals surface area contributed by atoms with Gasteiger partial charge in [-0.05, 0) is 22.0 Å². The average Bonchev–Trinajstić information content (AvgIpc) is 2.50. The van der Waals surface area contributed by atoms with Crippen molar-refractivity contribution in [3.05, 3.63) is 16.6 Å². The third-order valence-corrected chi connectivity index (χ3v) is 3.13. The first-order chi connectivity index (χ1) is 10.7. The van der Waals surface area contributed by atoms with Crippen LogP contribution in [0.1, 0.15) is 0 Å². The lowest BCUT2D eigenvalue weighted by atomic mass is 10.3. The highest BCUT2D eigenvalue weighted by Gasteiger charge is 2.09. The standard InChI is InChI=1S/C14H22BrNO6/c15-11-9-12(16)14(22-8-6-20-4-2-18)10-13(11)21-7-5-19-3-1-17/h9-10,17-18H,1-8,16H2. The lowest BCUT2D eigenvalue weighted by Gasteiger charge is -2.13. The SMILES string of the molecule is Nc1cc(Br)c(OCCOCCO)cc1OCCOCCO. The molecule has 0 atom stereocenters. The highest BCUT2D eigenvalue weighted by Crippen LogP contribution is 2.34. The Bertz CT molecular complexity index is 397. The van der Waals surface area contributed by atoms with Crippen molar-refractivity contribution >= 4 is 21.6 Å². The smallest absolute Gasteiger partial charge is 0.146 e. The number of hydrogen-bond acceptors (Lipinski definition) is 7. The third kappa shape index (κ3) is 7.28. The second-order valence-electron chi connectivity index (χ2n) is 4.19. The molecule has 0 radical (unpaired) electrons. The van der Waals surface area contributed by atoms with E-state index in [-0.39, 0.29) is 26.4 Å². The monoisotopic (exact) mass is 379 g/mol. The van der Waals surface area contributed by atoms with E-state index in [4.69, 9.17) is 34.9 Å². The van der Waals surface area contributed by atoms with Gasteiger partial charge >= 0.3 is 0 Å². The van der Waals surface area contributed by atoms with Gasteiger partial charge in [0.15, 0.2) is 0 Å². The lowest BCUT2D eigenvalue weighted by molar-refractivity contribution is 0.0689. The van der Waals surface area contributed by atoms with Crippen LogP contribution in [0.4, 0.5) is 5.69 Å². The number of anilines is 1. The first kappa shape index (κ1) is 19.0. The zero-order valence-electron chi connectivity index (χ0n) is 12.3. The molecule has 4 N–H and O–H groups in total. The fourth-order valence-corrected chi connectivity index (χ4v) is 2.02. The predicted octanol–water partition coefficient (Wildman–Crippen LogP) is 0.807.